The number of hydrogen-bond donors (Lipinski definition) is 1. The minimum absolute atomic E-state index is 0.00235. The van der Waals surface area contributed by atoms with Crippen molar-refractivity contribution in [1.29, 1.82) is 0 Å². The number of carbonyl (C=O) groups is 1. The summed E-state index contributed by atoms with van der Waals surface area (Å²) < 4.78 is 6.57. The third kappa shape index (κ3) is 3.21. The monoisotopic (exact) mass is 357 g/mol. The molecule has 3 aromatic rings. The van der Waals surface area contributed by atoms with Crippen molar-refractivity contribution in [2.45, 2.75) is 13.5 Å². The zero-order chi connectivity index (χ0) is 18.0. The summed E-state index contributed by atoms with van der Waals surface area (Å²) in [5.41, 5.74) is 1.56. The third-order valence-electron chi connectivity index (χ3n) is 3.91. The molecule has 0 aliphatic heterocycles. The van der Waals surface area contributed by atoms with Crippen molar-refractivity contribution < 1.29 is 14.6 Å². The molecule has 128 valence electrons. The Kier molecular flexibility index (Phi) is 4.72. The highest BCUT2D eigenvalue weighted by atomic mass is 35.5. The fraction of sp³-hybridized carbons (Fsp3) is 0.167. The van der Waals surface area contributed by atoms with Gasteiger partial charge in [-0.1, -0.05) is 47.1 Å². The van der Waals surface area contributed by atoms with Crippen LogP contribution in [0.4, 0.5) is 0 Å². The number of phenolic OH excluding ortho intramolecular Hbond substituents is 1. The van der Waals surface area contributed by atoms with Crippen LogP contribution in [-0.4, -0.2) is 33.0 Å². The van der Waals surface area contributed by atoms with E-state index in [2.05, 4.69) is 10.3 Å². The van der Waals surface area contributed by atoms with Gasteiger partial charge >= 0.3 is 0 Å². The Morgan fingerprint density at radius 3 is 2.64 bits per heavy atom. The average Bonchev–Trinajstić information content (AvgIpc) is 2.98. The Bertz CT molecular complexity index is 923. The molecule has 25 heavy (non-hydrogen) atoms. The number of halogens is 1. The second kappa shape index (κ2) is 6.94. The molecular weight excluding hydrogens is 342 g/mol. The maximum atomic E-state index is 12.7. The number of aromatic nitrogens is 3. The van der Waals surface area contributed by atoms with Gasteiger partial charge in [0.15, 0.2) is 10.8 Å². The number of carbonyl (C=O) groups excluding carboxylic acids is 1. The van der Waals surface area contributed by atoms with Crippen LogP contribution in [-0.2, 0) is 6.54 Å². The fourth-order valence-electron chi connectivity index (χ4n) is 2.51. The van der Waals surface area contributed by atoms with Crippen LogP contribution in [0.25, 0.3) is 0 Å². The lowest BCUT2D eigenvalue weighted by Gasteiger charge is -2.09. The van der Waals surface area contributed by atoms with Crippen molar-refractivity contribution >= 4 is 17.4 Å². The molecule has 0 fully saturated rings. The van der Waals surface area contributed by atoms with E-state index in [1.807, 2.05) is 30.3 Å². The zero-order valence-corrected chi connectivity index (χ0v) is 14.5. The van der Waals surface area contributed by atoms with Crippen LogP contribution in [0.2, 0.25) is 5.15 Å². The van der Waals surface area contributed by atoms with Crippen LogP contribution < -0.4 is 4.74 Å². The van der Waals surface area contributed by atoms with Crippen molar-refractivity contribution in [2.75, 3.05) is 7.11 Å². The maximum absolute atomic E-state index is 12.7. The van der Waals surface area contributed by atoms with Crippen molar-refractivity contribution in [3.05, 3.63) is 70.0 Å². The molecule has 0 atom stereocenters. The van der Waals surface area contributed by atoms with E-state index in [0.717, 1.165) is 5.56 Å². The number of aromatic hydroxyl groups is 1. The Labute approximate surface area is 149 Å². The second-order valence-corrected chi connectivity index (χ2v) is 5.85. The minimum atomic E-state index is -0.493. The number of hydrogen-bond acceptors (Lipinski definition) is 5. The van der Waals surface area contributed by atoms with Gasteiger partial charge in [-0.05, 0) is 24.6 Å². The second-order valence-electron chi connectivity index (χ2n) is 5.49. The van der Waals surface area contributed by atoms with Crippen LogP contribution in [0.15, 0.2) is 42.5 Å². The van der Waals surface area contributed by atoms with Crippen LogP contribution >= 0.6 is 11.6 Å². The molecule has 0 aliphatic rings. The highest BCUT2D eigenvalue weighted by Crippen LogP contribution is 2.32. The predicted molar refractivity (Wildman–Crippen MR) is 93.4 cm³/mol. The lowest BCUT2D eigenvalue weighted by Crippen LogP contribution is -2.06. The number of phenols is 1. The van der Waals surface area contributed by atoms with E-state index in [1.165, 1.54) is 17.9 Å². The first-order chi connectivity index (χ1) is 12.0. The summed E-state index contributed by atoms with van der Waals surface area (Å²) in [6.07, 6.45) is 0. The Hall–Kier alpha value is -2.86. The first-order valence-electron chi connectivity index (χ1n) is 7.57. The molecular formula is C18H16ClN3O3. The molecule has 1 N–H and O–H groups in total. The van der Waals surface area contributed by atoms with Gasteiger partial charge in [-0.15, -0.1) is 5.10 Å². The van der Waals surface area contributed by atoms with E-state index in [1.54, 1.807) is 13.0 Å². The lowest BCUT2D eigenvalue weighted by atomic mass is 10.0. The van der Waals surface area contributed by atoms with E-state index >= 15 is 0 Å². The van der Waals surface area contributed by atoms with Crippen LogP contribution in [0.3, 0.4) is 0 Å². The zero-order valence-electron chi connectivity index (χ0n) is 13.7. The summed E-state index contributed by atoms with van der Waals surface area (Å²) >= 11 is 6.28. The van der Waals surface area contributed by atoms with Gasteiger partial charge in [-0.3, -0.25) is 4.79 Å². The minimum Gasteiger partial charge on any atom is -0.507 e. The Balaban J connectivity index is 1.93. The van der Waals surface area contributed by atoms with E-state index in [-0.39, 0.29) is 22.2 Å². The predicted octanol–water partition coefficient (Wildman–Crippen LogP) is 3.23. The number of ketones is 1. The van der Waals surface area contributed by atoms with Gasteiger partial charge in [-0.25, -0.2) is 4.68 Å². The van der Waals surface area contributed by atoms with Gasteiger partial charge in [-0.2, -0.15) is 0 Å². The molecule has 0 bridgehead atoms. The number of methoxy groups -OCH3 is 1. The highest BCUT2D eigenvalue weighted by Gasteiger charge is 2.24. The molecule has 0 spiro atoms. The topological polar surface area (TPSA) is 77.2 Å². The van der Waals surface area contributed by atoms with E-state index in [4.69, 9.17) is 16.3 Å². The summed E-state index contributed by atoms with van der Waals surface area (Å²) in [7, 11) is 1.50. The van der Waals surface area contributed by atoms with Crippen molar-refractivity contribution in [1.82, 2.24) is 15.0 Å². The molecule has 0 aliphatic carbocycles. The van der Waals surface area contributed by atoms with Crippen molar-refractivity contribution in [2.24, 2.45) is 0 Å². The maximum Gasteiger partial charge on any atom is 0.220 e. The highest BCUT2D eigenvalue weighted by molar-refractivity contribution is 6.33. The molecule has 7 heteroatoms. The number of benzene rings is 2. The quantitative estimate of drug-likeness (QED) is 0.709. The standard InChI is InChI=1S/C18H16ClN3O3/c1-11-14(25-2)9-8-13(16(11)23)17(24)15-18(19)22(21-20-15)10-12-6-4-3-5-7-12/h3-9,23H,10H2,1-2H3. The van der Waals surface area contributed by atoms with Gasteiger partial charge < -0.3 is 9.84 Å². The number of ether oxygens (including phenoxy) is 1. The van der Waals surface area contributed by atoms with Crippen LogP contribution in [0.5, 0.6) is 11.5 Å². The summed E-state index contributed by atoms with van der Waals surface area (Å²) in [6.45, 7) is 2.06. The SMILES string of the molecule is COc1ccc(C(=O)c2nnn(Cc3ccccc3)c2Cl)c(O)c1C. The fourth-order valence-corrected chi connectivity index (χ4v) is 2.73. The average molecular weight is 358 g/mol. The smallest absolute Gasteiger partial charge is 0.220 e. The van der Waals surface area contributed by atoms with Crippen molar-refractivity contribution in [3.8, 4) is 11.5 Å². The molecule has 3 rings (SSSR count). The van der Waals surface area contributed by atoms with Gasteiger partial charge in [0.1, 0.15) is 11.5 Å². The first kappa shape index (κ1) is 17.0. The van der Waals surface area contributed by atoms with Gasteiger partial charge in [0, 0.05) is 5.56 Å². The first-order valence-corrected chi connectivity index (χ1v) is 7.95. The molecule has 6 nitrogen and oxygen atoms in total. The summed E-state index contributed by atoms with van der Waals surface area (Å²) in [4.78, 5) is 12.7. The molecule has 1 heterocycles. The molecule has 0 amide bonds. The normalized spacial score (nSPS) is 10.7. The largest absolute Gasteiger partial charge is 0.507 e. The Morgan fingerprint density at radius 1 is 1.24 bits per heavy atom. The third-order valence-corrected chi connectivity index (χ3v) is 4.28. The van der Waals surface area contributed by atoms with E-state index < -0.39 is 5.78 Å². The Morgan fingerprint density at radius 2 is 1.96 bits per heavy atom. The van der Waals surface area contributed by atoms with Crippen LogP contribution in [0, 0.1) is 6.92 Å². The van der Waals surface area contributed by atoms with Gasteiger partial charge in [0.2, 0.25) is 5.78 Å². The molecule has 0 saturated heterocycles. The van der Waals surface area contributed by atoms with E-state index in [9.17, 15) is 9.90 Å². The van der Waals surface area contributed by atoms with Gasteiger partial charge in [0.05, 0.1) is 19.2 Å². The lowest BCUT2D eigenvalue weighted by molar-refractivity contribution is 0.103. The summed E-state index contributed by atoms with van der Waals surface area (Å²) in [5, 5.41) is 18.2. The molecule has 0 unspecified atom stereocenters. The summed E-state index contributed by atoms with van der Waals surface area (Å²) in [5.74, 6) is -0.154. The molecule has 2 aromatic carbocycles. The molecule has 0 radical (unpaired) electrons. The van der Waals surface area contributed by atoms with Gasteiger partial charge in [0.25, 0.3) is 0 Å². The molecule has 0 saturated carbocycles. The number of rotatable bonds is 5. The van der Waals surface area contributed by atoms with E-state index in [0.29, 0.717) is 17.9 Å². The van der Waals surface area contributed by atoms with Crippen molar-refractivity contribution in [3.63, 3.8) is 0 Å². The number of nitrogens with zero attached hydrogens (tertiary/aromatic N) is 3. The molecule has 1 aromatic heterocycles. The van der Waals surface area contributed by atoms with Crippen LogP contribution in [0.1, 0.15) is 27.2 Å². The summed E-state index contributed by atoms with van der Waals surface area (Å²) in [6, 6.07) is 12.7.